The summed E-state index contributed by atoms with van der Waals surface area (Å²) in [6.45, 7) is 0. The molecule has 0 aliphatic heterocycles. The third-order valence-corrected chi connectivity index (χ3v) is 3.68. The van der Waals surface area contributed by atoms with Crippen LogP contribution in [-0.4, -0.2) is 22.3 Å². The van der Waals surface area contributed by atoms with Crippen molar-refractivity contribution >= 4 is 21.9 Å². The predicted molar refractivity (Wildman–Crippen MR) is 77.8 cm³/mol. The van der Waals surface area contributed by atoms with E-state index in [0.29, 0.717) is 25.7 Å². The monoisotopic (exact) mass is 342 g/mol. The van der Waals surface area contributed by atoms with E-state index in [1.165, 1.54) is 12.1 Å². The Morgan fingerprint density at radius 1 is 1.40 bits per heavy atom. The maximum absolute atomic E-state index is 13.9. The van der Waals surface area contributed by atoms with Crippen LogP contribution in [-0.2, 0) is 4.79 Å². The number of rotatable bonds is 7. The van der Waals surface area contributed by atoms with Gasteiger partial charge in [-0.15, -0.1) is 6.42 Å². The van der Waals surface area contributed by atoms with Gasteiger partial charge in [0.05, 0.1) is 10.4 Å². The van der Waals surface area contributed by atoms with Crippen molar-refractivity contribution in [1.29, 1.82) is 0 Å². The molecule has 2 unspecified atom stereocenters. The highest BCUT2D eigenvalue weighted by molar-refractivity contribution is 9.10. The minimum atomic E-state index is -1.06. The minimum absolute atomic E-state index is 0.171. The van der Waals surface area contributed by atoms with Crippen LogP contribution in [0.15, 0.2) is 22.7 Å². The molecule has 0 heterocycles. The van der Waals surface area contributed by atoms with Gasteiger partial charge in [0.25, 0.3) is 0 Å². The van der Waals surface area contributed by atoms with Gasteiger partial charge in [-0.05, 0) is 41.3 Å². The van der Waals surface area contributed by atoms with Gasteiger partial charge in [-0.25, -0.2) is 4.39 Å². The molecule has 2 atom stereocenters. The van der Waals surface area contributed by atoms with E-state index in [4.69, 9.17) is 6.42 Å². The summed E-state index contributed by atoms with van der Waals surface area (Å²) in [4.78, 5) is 11.3. The molecule has 0 radical (unpaired) electrons. The molecule has 1 aromatic carbocycles. The summed E-state index contributed by atoms with van der Waals surface area (Å²) < 4.78 is 14.2. The number of aliphatic hydroxyl groups is 1. The number of unbranched alkanes of at least 4 members (excludes halogenated alkanes) is 1. The molecule has 0 aliphatic rings. The number of halogens is 2. The fourth-order valence-corrected chi connectivity index (χ4v) is 2.35. The van der Waals surface area contributed by atoms with Crippen molar-refractivity contribution in [2.75, 3.05) is 0 Å². The number of aliphatic carboxylic acids is 1. The van der Waals surface area contributed by atoms with Gasteiger partial charge in [0, 0.05) is 5.56 Å². The number of terminal acetylenes is 1. The Hall–Kier alpha value is -1.38. The second-order valence-electron chi connectivity index (χ2n) is 4.50. The van der Waals surface area contributed by atoms with E-state index in [1.54, 1.807) is 6.07 Å². The molecule has 0 bridgehead atoms. The molecule has 0 saturated carbocycles. The number of hydrogen-bond donors (Lipinski definition) is 2. The fraction of sp³-hybridized carbons (Fsp3) is 0.400. The molecular weight excluding hydrogens is 327 g/mol. The number of carboxylic acid groups (broad SMARTS) is 1. The largest absolute Gasteiger partial charge is 0.481 e. The normalized spacial score (nSPS) is 13.5. The van der Waals surface area contributed by atoms with Gasteiger partial charge >= 0.3 is 5.97 Å². The summed E-state index contributed by atoms with van der Waals surface area (Å²) in [5.41, 5.74) is 0.171. The van der Waals surface area contributed by atoms with E-state index in [2.05, 4.69) is 21.9 Å². The molecule has 3 nitrogen and oxygen atoms in total. The first-order valence-corrected chi connectivity index (χ1v) is 7.07. The summed E-state index contributed by atoms with van der Waals surface area (Å²) in [6.07, 6.45) is 6.12. The van der Waals surface area contributed by atoms with Gasteiger partial charge in [0.15, 0.2) is 0 Å². The first kappa shape index (κ1) is 16.7. The van der Waals surface area contributed by atoms with Crippen molar-refractivity contribution in [3.63, 3.8) is 0 Å². The molecular formula is C15H16BrFO3. The summed E-state index contributed by atoms with van der Waals surface area (Å²) in [5, 5.41) is 18.4. The van der Waals surface area contributed by atoms with Gasteiger partial charge in [-0.1, -0.05) is 24.5 Å². The average molecular weight is 343 g/mol. The summed E-state index contributed by atoms with van der Waals surface area (Å²) in [7, 11) is 0. The van der Waals surface area contributed by atoms with Gasteiger partial charge in [0.2, 0.25) is 0 Å². The molecule has 20 heavy (non-hydrogen) atoms. The minimum Gasteiger partial charge on any atom is -0.481 e. The van der Waals surface area contributed by atoms with Crippen LogP contribution in [0.3, 0.4) is 0 Å². The predicted octanol–water partition coefficient (Wildman–Crippen LogP) is 3.31. The smallest absolute Gasteiger partial charge is 0.311 e. The lowest BCUT2D eigenvalue weighted by Crippen LogP contribution is -2.14. The molecule has 1 rings (SSSR count). The highest BCUT2D eigenvalue weighted by Gasteiger charge is 2.23. The number of benzene rings is 1. The number of hydrogen-bond acceptors (Lipinski definition) is 2. The van der Waals surface area contributed by atoms with Crippen molar-refractivity contribution in [2.45, 2.75) is 37.7 Å². The van der Waals surface area contributed by atoms with Crippen LogP contribution in [0.4, 0.5) is 4.39 Å². The van der Waals surface area contributed by atoms with Crippen molar-refractivity contribution < 1.29 is 19.4 Å². The second kappa shape index (κ2) is 8.03. The highest BCUT2D eigenvalue weighted by atomic mass is 79.9. The highest BCUT2D eigenvalue weighted by Crippen LogP contribution is 2.29. The van der Waals surface area contributed by atoms with Crippen LogP contribution >= 0.6 is 15.9 Å². The van der Waals surface area contributed by atoms with E-state index in [-0.39, 0.29) is 10.0 Å². The maximum Gasteiger partial charge on any atom is 0.311 e. The van der Waals surface area contributed by atoms with Crippen LogP contribution in [0.5, 0.6) is 0 Å². The fourth-order valence-electron chi connectivity index (χ4n) is 1.97. The van der Waals surface area contributed by atoms with Crippen molar-refractivity contribution in [3.8, 4) is 12.3 Å². The summed E-state index contributed by atoms with van der Waals surface area (Å²) in [5.74, 6) is -0.290. The van der Waals surface area contributed by atoms with Gasteiger partial charge < -0.3 is 10.2 Å². The van der Waals surface area contributed by atoms with E-state index in [9.17, 15) is 19.4 Å². The zero-order chi connectivity index (χ0) is 15.1. The lowest BCUT2D eigenvalue weighted by atomic mass is 9.92. The molecule has 5 heteroatoms. The SMILES string of the molecule is C#CC(O)CCCCC(C(=O)O)c1cccc(Br)c1F. The van der Waals surface area contributed by atoms with Crippen molar-refractivity contribution in [3.05, 3.63) is 34.1 Å². The summed E-state index contributed by atoms with van der Waals surface area (Å²) in [6, 6.07) is 4.62. The zero-order valence-electron chi connectivity index (χ0n) is 10.9. The quantitative estimate of drug-likeness (QED) is 0.590. The Kier molecular flexibility index (Phi) is 6.69. The molecule has 0 aromatic heterocycles. The Labute approximate surface area is 125 Å². The second-order valence-corrected chi connectivity index (χ2v) is 5.36. The number of carbonyl (C=O) groups is 1. The Bertz CT molecular complexity index is 510. The van der Waals surface area contributed by atoms with Crippen LogP contribution in [0, 0.1) is 18.2 Å². The molecule has 0 amide bonds. The molecule has 108 valence electrons. The van der Waals surface area contributed by atoms with E-state index >= 15 is 0 Å². The first-order chi connectivity index (χ1) is 9.47. The van der Waals surface area contributed by atoms with Crippen LogP contribution in [0.25, 0.3) is 0 Å². The molecule has 0 aliphatic carbocycles. The Morgan fingerprint density at radius 3 is 2.65 bits per heavy atom. The topological polar surface area (TPSA) is 57.5 Å². The summed E-state index contributed by atoms with van der Waals surface area (Å²) >= 11 is 3.05. The van der Waals surface area contributed by atoms with Crippen molar-refractivity contribution in [1.82, 2.24) is 0 Å². The number of aliphatic hydroxyl groups excluding tert-OH is 1. The third-order valence-electron chi connectivity index (χ3n) is 3.07. The van der Waals surface area contributed by atoms with Crippen LogP contribution in [0.2, 0.25) is 0 Å². The standard InChI is InChI=1S/C15H16BrFO3/c1-2-10(18)6-3-4-7-12(15(19)20)11-8-5-9-13(16)14(11)17/h1,5,8-10,12,18H,3-4,6-7H2,(H,19,20). The molecule has 0 spiro atoms. The van der Waals surface area contributed by atoms with Crippen molar-refractivity contribution in [2.24, 2.45) is 0 Å². The third kappa shape index (κ3) is 4.62. The molecule has 1 aromatic rings. The van der Waals surface area contributed by atoms with Gasteiger partial charge in [0.1, 0.15) is 11.9 Å². The Morgan fingerprint density at radius 2 is 2.05 bits per heavy atom. The Balaban J connectivity index is 2.69. The lowest BCUT2D eigenvalue weighted by Gasteiger charge is -2.14. The average Bonchev–Trinajstić information content (AvgIpc) is 2.42. The zero-order valence-corrected chi connectivity index (χ0v) is 12.4. The molecule has 0 saturated heterocycles. The first-order valence-electron chi connectivity index (χ1n) is 6.28. The van der Waals surface area contributed by atoms with E-state index in [1.807, 2.05) is 0 Å². The lowest BCUT2D eigenvalue weighted by molar-refractivity contribution is -0.139. The van der Waals surface area contributed by atoms with E-state index in [0.717, 1.165) is 0 Å². The van der Waals surface area contributed by atoms with Gasteiger partial charge in [-0.3, -0.25) is 4.79 Å². The van der Waals surface area contributed by atoms with Crippen LogP contribution in [0.1, 0.15) is 37.2 Å². The maximum atomic E-state index is 13.9. The van der Waals surface area contributed by atoms with E-state index < -0.39 is 23.8 Å². The van der Waals surface area contributed by atoms with Gasteiger partial charge in [-0.2, -0.15) is 0 Å². The van der Waals surface area contributed by atoms with Crippen LogP contribution < -0.4 is 0 Å². The molecule has 0 fully saturated rings. The number of carboxylic acids is 1. The molecule has 2 N–H and O–H groups in total.